The van der Waals surface area contributed by atoms with Crippen LogP contribution in [0, 0.1) is 11.3 Å². The summed E-state index contributed by atoms with van der Waals surface area (Å²) in [6.45, 7) is 1.73. The van der Waals surface area contributed by atoms with Gasteiger partial charge >= 0.3 is 0 Å². The average Bonchev–Trinajstić information content (AvgIpc) is 2.37. The van der Waals surface area contributed by atoms with E-state index < -0.39 is 10.0 Å². The molecule has 0 aliphatic carbocycles. The minimum atomic E-state index is -3.74. The molecule has 0 radical (unpaired) electrons. The highest BCUT2D eigenvalue weighted by atomic mass is 32.2. The maximum atomic E-state index is 12.1. The van der Waals surface area contributed by atoms with E-state index in [9.17, 15) is 8.42 Å². The molecule has 0 bridgehead atoms. The Labute approximate surface area is 112 Å². The number of anilines is 1. The van der Waals surface area contributed by atoms with Crippen LogP contribution in [0.25, 0.3) is 0 Å². The van der Waals surface area contributed by atoms with E-state index in [1.807, 2.05) is 13.0 Å². The summed E-state index contributed by atoms with van der Waals surface area (Å²) in [7, 11) is -3.74. The van der Waals surface area contributed by atoms with E-state index >= 15 is 0 Å². The van der Waals surface area contributed by atoms with Crippen LogP contribution in [0.15, 0.2) is 23.1 Å². The standard InChI is InChI=1S/C12H17N3O3S/c1-2-10(5-6-16)15-19(17,18)12-4-3-9(8-13)7-11(12)14/h3-4,7,10,15-16H,2,5-6,14H2,1H3. The fourth-order valence-electron chi connectivity index (χ4n) is 1.65. The number of hydrogen-bond acceptors (Lipinski definition) is 5. The molecule has 1 atom stereocenters. The third-order valence-corrected chi connectivity index (χ3v) is 4.32. The first-order chi connectivity index (χ1) is 8.94. The van der Waals surface area contributed by atoms with Crippen LogP contribution in [-0.4, -0.2) is 26.2 Å². The van der Waals surface area contributed by atoms with E-state index in [1.54, 1.807) is 0 Å². The molecule has 104 valence electrons. The van der Waals surface area contributed by atoms with Crippen LogP contribution in [0.5, 0.6) is 0 Å². The molecular weight excluding hydrogens is 266 g/mol. The van der Waals surface area contributed by atoms with Crippen molar-refractivity contribution in [2.24, 2.45) is 0 Å². The summed E-state index contributed by atoms with van der Waals surface area (Å²) in [4.78, 5) is -0.0529. The average molecular weight is 283 g/mol. The number of nitrogens with zero attached hydrogens (tertiary/aromatic N) is 1. The van der Waals surface area contributed by atoms with Crippen LogP contribution < -0.4 is 10.5 Å². The zero-order chi connectivity index (χ0) is 14.5. The van der Waals surface area contributed by atoms with E-state index in [1.165, 1.54) is 18.2 Å². The van der Waals surface area contributed by atoms with Gasteiger partial charge in [0.15, 0.2) is 0 Å². The van der Waals surface area contributed by atoms with Crippen LogP contribution in [0.4, 0.5) is 5.69 Å². The number of sulfonamides is 1. The number of rotatable bonds is 6. The third kappa shape index (κ3) is 3.92. The molecule has 7 heteroatoms. The van der Waals surface area contributed by atoms with Gasteiger partial charge in [-0.25, -0.2) is 13.1 Å². The molecule has 0 saturated heterocycles. The number of aliphatic hydroxyl groups excluding tert-OH is 1. The maximum absolute atomic E-state index is 12.1. The summed E-state index contributed by atoms with van der Waals surface area (Å²) < 4.78 is 26.8. The van der Waals surface area contributed by atoms with E-state index in [4.69, 9.17) is 16.1 Å². The highest BCUT2D eigenvalue weighted by molar-refractivity contribution is 7.89. The second kappa shape index (κ2) is 6.52. The van der Waals surface area contributed by atoms with Gasteiger partial charge in [-0.2, -0.15) is 5.26 Å². The molecule has 0 aromatic heterocycles. The van der Waals surface area contributed by atoms with E-state index in [0.29, 0.717) is 18.4 Å². The zero-order valence-corrected chi connectivity index (χ0v) is 11.4. The van der Waals surface area contributed by atoms with Gasteiger partial charge in [-0.3, -0.25) is 0 Å². The predicted octanol–water partition coefficient (Wildman–Crippen LogP) is 0.580. The van der Waals surface area contributed by atoms with E-state index in [-0.39, 0.29) is 23.2 Å². The molecule has 19 heavy (non-hydrogen) atoms. The van der Waals surface area contributed by atoms with Gasteiger partial charge in [-0.05, 0) is 31.0 Å². The van der Waals surface area contributed by atoms with Crippen molar-refractivity contribution >= 4 is 15.7 Å². The molecule has 0 aliphatic heterocycles. The van der Waals surface area contributed by atoms with Crippen molar-refractivity contribution in [1.29, 1.82) is 5.26 Å². The lowest BCUT2D eigenvalue weighted by molar-refractivity contribution is 0.270. The Hall–Kier alpha value is -1.62. The Morgan fingerprint density at radius 2 is 2.21 bits per heavy atom. The summed E-state index contributed by atoms with van der Waals surface area (Å²) in [5.74, 6) is 0. The molecule has 6 nitrogen and oxygen atoms in total. The van der Waals surface area contributed by atoms with Gasteiger partial charge in [0.05, 0.1) is 17.3 Å². The highest BCUT2D eigenvalue weighted by Gasteiger charge is 2.21. The van der Waals surface area contributed by atoms with Gasteiger partial charge < -0.3 is 10.8 Å². The summed E-state index contributed by atoms with van der Waals surface area (Å²) >= 11 is 0. The van der Waals surface area contributed by atoms with Crippen LogP contribution in [-0.2, 0) is 10.0 Å². The molecule has 0 saturated carbocycles. The van der Waals surface area contributed by atoms with Crippen LogP contribution >= 0.6 is 0 Å². The Morgan fingerprint density at radius 1 is 1.53 bits per heavy atom. The minimum absolute atomic E-state index is 0.0328. The molecule has 4 N–H and O–H groups in total. The Morgan fingerprint density at radius 3 is 2.68 bits per heavy atom. The monoisotopic (exact) mass is 283 g/mol. The zero-order valence-electron chi connectivity index (χ0n) is 10.6. The summed E-state index contributed by atoms with van der Waals surface area (Å²) in [6, 6.07) is 5.58. The summed E-state index contributed by atoms with van der Waals surface area (Å²) in [6.07, 6.45) is 0.905. The molecule has 0 spiro atoms. The number of nitrogens with one attached hydrogen (secondary N) is 1. The highest BCUT2D eigenvalue weighted by Crippen LogP contribution is 2.20. The Kier molecular flexibility index (Phi) is 5.30. The van der Waals surface area contributed by atoms with Crippen LogP contribution in [0.3, 0.4) is 0 Å². The summed E-state index contributed by atoms with van der Waals surface area (Å²) in [5, 5.41) is 17.6. The number of benzene rings is 1. The Balaban J connectivity index is 3.04. The van der Waals surface area contributed by atoms with E-state index in [0.717, 1.165) is 0 Å². The number of nitrogen functional groups attached to an aromatic ring is 1. The van der Waals surface area contributed by atoms with Gasteiger partial charge in [0.2, 0.25) is 10.0 Å². The molecule has 1 unspecified atom stereocenters. The van der Waals surface area contributed by atoms with Crippen molar-refractivity contribution in [2.75, 3.05) is 12.3 Å². The molecule has 0 aliphatic rings. The molecule has 1 aromatic carbocycles. The molecule has 0 amide bonds. The van der Waals surface area contributed by atoms with Gasteiger partial charge in [-0.1, -0.05) is 6.92 Å². The van der Waals surface area contributed by atoms with Crippen molar-refractivity contribution in [1.82, 2.24) is 4.72 Å². The van der Waals surface area contributed by atoms with Crippen molar-refractivity contribution in [3.05, 3.63) is 23.8 Å². The Bertz CT molecular complexity index is 578. The molecule has 0 fully saturated rings. The molecular formula is C12H17N3O3S. The lowest BCUT2D eigenvalue weighted by Gasteiger charge is -2.16. The minimum Gasteiger partial charge on any atom is -0.398 e. The lowest BCUT2D eigenvalue weighted by Crippen LogP contribution is -2.35. The maximum Gasteiger partial charge on any atom is 0.242 e. The second-order valence-corrected chi connectivity index (χ2v) is 5.79. The molecule has 1 rings (SSSR count). The topological polar surface area (TPSA) is 116 Å². The van der Waals surface area contributed by atoms with Gasteiger partial charge in [-0.15, -0.1) is 0 Å². The smallest absolute Gasteiger partial charge is 0.242 e. The molecule has 1 aromatic rings. The molecule has 0 heterocycles. The van der Waals surface area contributed by atoms with Gasteiger partial charge in [0, 0.05) is 12.6 Å². The number of nitrogens with two attached hydrogens (primary N) is 1. The largest absolute Gasteiger partial charge is 0.398 e. The first-order valence-corrected chi connectivity index (χ1v) is 7.35. The third-order valence-electron chi connectivity index (χ3n) is 2.72. The fraction of sp³-hybridized carbons (Fsp3) is 0.417. The predicted molar refractivity (Wildman–Crippen MR) is 71.7 cm³/mol. The van der Waals surface area contributed by atoms with Crippen molar-refractivity contribution < 1.29 is 13.5 Å². The van der Waals surface area contributed by atoms with Crippen molar-refractivity contribution in [3.63, 3.8) is 0 Å². The van der Waals surface area contributed by atoms with E-state index in [2.05, 4.69) is 4.72 Å². The quantitative estimate of drug-likeness (QED) is 0.660. The number of nitriles is 1. The van der Waals surface area contributed by atoms with Gasteiger partial charge in [0.1, 0.15) is 4.90 Å². The summed E-state index contributed by atoms with van der Waals surface area (Å²) in [5.41, 5.74) is 5.99. The normalized spacial score (nSPS) is 12.9. The van der Waals surface area contributed by atoms with Crippen molar-refractivity contribution in [3.8, 4) is 6.07 Å². The second-order valence-electron chi connectivity index (χ2n) is 4.10. The van der Waals surface area contributed by atoms with Crippen LogP contribution in [0.1, 0.15) is 25.3 Å². The first kappa shape index (κ1) is 15.4. The number of hydrogen-bond donors (Lipinski definition) is 3. The van der Waals surface area contributed by atoms with Gasteiger partial charge in [0.25, 0.3) is 0 Å². The van der Waals surface area contributed by atoms with Crippen LogP contribution in [0.2, 0.25) is 0 Å². The fourth-order valence-corrected chi connectivity index (χ4v) is 3.11. The number of aliphatic hydroxyl groups is 1. The SMILES string of the molecule is CCC(CCO)NS(=O)(=O)c1ccc(C#N)cc1N. The van der Waals surface area contributed by atoms with Crippen molar-refractivity contribution in [2.45, 2.75) is 30.7 Å². The lowest BCUT2D eigenvalue weighted by atomic mass is 10.2. The first-order valence-electron chi connectivity index (χ1n) is 5.87.